The number of hydrogen-bond acceptors (Lipinski definition) is 3. The fourth-order valence-corrected chi connectivity index (χ4v) is 1.84. The van der Waals surface area contributed by atoms with E-state index in [0.717, 1.165) is 18.6 Å². The monoisotopic (exact) mass is 313 g/mol. The lowest BCUT2D eigenvalue weighted by Crippen LogP contribution is -2.44. The number of hydrogen-bond donors (Lipinski definition) is 2. The Morgan fingerprint density at radius 3 is 2.55 bits per heavy atom. The summed E-state index contributed by atoms with van der Waals surface area (Å²) in [5, 5.41) is 4.74. The van der Waals surface area contributed by atoms with Crippen LogP contribution in [0.15, 0.2) is 18.2 Å². The van der Waals surface area contributed by atoms with Crippen LogP contribution in [0.4, 0.5) is 13.6 Å². The largest absolute Gasteiger partial charge is 0.338 e. The third kappa shape index (κ3) is 5.40. The molecule has 0 aromatic heterocycles. The van der Waals surface area contributed by atoms with E-state index < -0.39 is 23.6 Å². The number of nitrogens with one attached hydrogen (secondary N) is 2. The van der Waals surface area contributed by atoms with Crippen molar-refractivity contribution >= 4 is 11.9 Å². The second-order valence-corrected chi connectivity index (χ2v) is 5.07. The molecule has 22 heavy (non-hydrogen) atoms. The lowest BCUT2D eigenvalue weighted by Gasteiger charge is -2.24. The molecule has 0 heterocycles. The third-order valence-corrected chi connectivity index (χ3v) is 3.27. The summed E-state index contributed by atoms with van der Waals surface area (Å²) < 4.78 is 26.2. The number of urea groups is 1. The zero-order chi connectivity index (χ0) is 16.7. The molecular formula is C15H21F2N3O2. The van der Waals surface area contributed by atoms with Crippen LogP contribution in [0, 0.1) is 11.6 Å². The zero-order valence-corrected chi connectivity index (χ0v) is 13.0. The van der Waals surface area contributed by atoms with Crippen LogP contribution in [0.2, 0.25) is 0 Å². The number of carbonyl (C=O) groups excluding carboxylic acids is 2. The molecule has 1 atom stereocenters. The van der Waals surface area contributed by atoms with Gasteiger partial charge in [-0.05, 0) is 38.1 Å². The highest BCUT2D eigenvalue weighted by Crippen LogP contribution is 2.20. The van der Waals surface area contributed by atoms with Gasteiger partial charge in [-0.2, -0.15) is 0 Å². The number of rotatable bonds is 6. The van der Waals surface area contributed by atoms with Gasteiger partial charge >= 0.3 is 6.03 Å². The van der Waals surface area contributed by atoms with Crippen molar-refractivity contribution < 1.29 is 18.4 Å². The van der Waals surface area contributed by atoms with Gasteiger partial charge in [-0.1, -0.05) is 13.0 Å². The average Bonchev–Trinajstić information content (AvgIpc) is 2.46. The molecule has 0 fully saturated rings. The lowest BCUT2D eigenvalue weighted by atomic mass is 10.1. The number of carbonyl (C=O) groups is 2. The molecule has 122 valence electrons. The summed E-state index contributed by atoms with van der Waals surface area (Å²) in [6.45, 7) is 4.11. The summed E-state index contributed by atoms with van der Waals surface area (Å²) in [5.74, 6) is -2.31. The van der Waals surface area contributed by atoms with Crippen LogP contribution in [0.25, 0.3) is 0 Å². The predicted molar refractivity (Wildman–Crippen MR) is 79.2 cm³/mol. The van der Waals surface area contributed by atoms with Crippen LogP contribution in [0.3, 0.4) is 0 Å². The van der Waals surface area contributed by atoms with Crippen LogP contribution < -0.4 is 10.6 Å². The van der Waals surface area contributed by atoms with Crippen molar-refractivity contribution in [3.05, 3.63) is 35.4 Å². The smallest absolute Gasteiger partial charge is 0.321 e. The third-order valence-electron chi connectivity index (χ3n) is 3.27. The van der Waals surface area contributed by atoms with Crippen LogP contribution in [-0.2, 0) is 4.79 Å². The SMILES string of the molecule is CCCNC(=O)NC(=O)CN(C)C(C)c1ccc(F)c(F)c1. The summed E-state index contributed by atoms with van der Waals surface area (Å²) in [6, 6.07) is 2.77. The molecule has 0 aliphatic heterocycles. The number of imide groups is 1. The summed E-state index contributed by atoms with van der Waals surface area (Å²) in [6.07, 6.45) is 0.772. The Kier molecular flexibility index (Phi) is 6.91. The number of nitrogens with zero attached hydrogens (tertiary/aromatic N) is 1. The molecule has 1 unspecified atom stereocenters. The average molecular weight is 313 g/mol. The van der Waals surface area contributed by atoms with Crippen molar-refractivity contribution in [1.29, 1.82) is 0 Å². The Morgan fingerprint density at radius 2 is 1.95 bits per heavy atom. The van der Waals surface area contributed by atoms with E-state index in [1.54, 1.807) is 18.9 Å². The van der Waals surface area contributed by atoms with Crippen LogP contribution in [-0.4, -0.2) is 37.0 Å². The van der Waals surface area contributed by atoms with Gasteiger partial charge in [0.25, 0.3) is 0 Å². The second kappa shape index (κ2) is 8.43. The molecule has 2 N–H and O–H groups in total. The van der Waals surface area contributed by atoms with Gasteiger partial charge < -0.3 is 5.32 Å². The Balaban J connectivity index is 2.56. The molecule has 0 saturated carbocycles. The first-order valence-electron chi connectivity index (χ1n) is 7.08. The molecule has 3 amide bonds. The normalized spacial score (nSPS) is 12.1. The highest BCUT2D eigenvalue weighted by Gasteiger charge is 2.17. The van der Waals surface area contributed by atoms with E-state index >= 15 is 0 Å². The second-order valence-electron chi connectivity index (χ2n) is 5.07. The maximum atomic E-state index is 13.2. The van der Waals surface area contributed by atoms with Gasteiger partial charge in [0, 0.05) is 12.6 Å². The van der Waals surface area contributed by atoms with Crippen molar-refractivity contribution in [2.75, 3.05) is 20.1 Å². The predicted octanol–water partition coefficient (Wildman–Crippen LogP) is 2.19. The Bertz CT molecular complexity index is 538. The van der Waals surface area contributed by atoms with Crippen LogP contribution in [0.1, 0.15) is 31.9 Å². The van der Waals surface area contributed by atoms with Gasteiger partial charge in [-0.3, -0.25) is 15.0 Å². The first kappa shape index (κ1) is 18.0. The van der Waals surface area contributed by atoms with Gasteiger partial charge in [-0.15, -0.1) is 0 Å². The molecular weight excluding hydrogens is 292 g/mol. The minimum absolute atomic E-state index is 0.0420. The molecule has 0 radical (unpaired) electrons. The topological polar surface area (TPSA) is 61.4 Å². The van der Waals surface area contributed by atoms with E-state index in [9.17, 15) is 18.4 Å². The molecule has 1 rings (SSSR count). The zero-order valence-electron chi connectivity index (χ0n) is 13.0. The maximum Gasteiger partial charge on any atom is 0.321 e. The molecule has 1 aromatic rings. The van der Waals surface area contributed by atoms with E-state index in [4.69, 9.17) is 0 Å². The van der Waals surface area contributed by atoms with Crippen molar-refractivity contribution in [1.82, 2.24) is 15.5 Å². The summed E-state index contributed by atoms with van der Waals surface area (Å²) in [5.41, 5.74) is 0.546. The number of likely N-dealkylation sites (N-methyl/N-ethyl adjacent to an activating group) is 1. The highest BCUT2D eigenvalue weighted by molar-refractivity contribution is 5.95. The molecule has 7 heteroatoms. The van der Waals surface area contributed by atoms with Gasteiger partial charge in [-0.25, -0.2) is 13.6 Å². The minimum Gasteiger partial charge on any atom is -0.338 e. The van der Waals surface area contributed by atoms with E-state index in [0.29, 0.717) is 12.1 Å². The first-order valence-corrected chi connectivity index (χ1v) is 7.08. The van der Waals surface area contributed by atoms with Crippen molar-refractivity contribution in [3.63, 3.8) is 0 Å². The fourth-order valence-electron chi connectivity index (χ4n) is 1.84. The number of amides is 3. The number of benzene rings is 1. The molecule has 0 saturated heterocycles. The van der Waals surface area contributed by atoms with E-state index in [2.05, 4.69) is 10.6 Å². The van der Waals surface area contributed by atoms with Gasteiger partial charge in [0.15, 0.2) is 11.6 Å². The van der Waals surface area contributed by atoms with E-state index in [1.165, 1.54) is 6.07 Å². The molecule has 0 spiro atoms. The number of halogens is 2. The van der Waals surface area contributed by atoms with Crippen LogP contribution in [0.5, 0.6) is 0 Å². The standard InChI is InChI=1S/C15H21F2N3O2/c1-4-7-18-15(22)19-14(21)9-20(3)10(2)11-5-6-12(16)13(17)8-11/h5-6,8,10H,4,7,9H2,1-3H3,(H2,18,19,21,22). The van der Waals surface area contributed by atoms with Crippen molar-refractivity contribution in [2.45, 2.75) is 26.3 Å². The molecule has 1 aromatic carbocycles. The lowest BCUT2D eigenvalue weighted by molar-refractivity contribution is -0.121. The van der Waals surface area contributed by atoms with E-state index in [1.807, 2.05) is 6.92 Å². The Labute approximate surface area is 128 Å². The van der Waals surface area contributed by atoms with Gasteiger partial charge in [0.1, 0.15) is 0 Å². The molecule has 0 bridgehead atoms. The van der Waals surface area contributed by atoms with E-state index in [-0.39, 0.29) is 12.6 Å². The molecule has 0 aliphatic rings. The molecule has 5 nitrogen and oxygen atoms in total. The summed E-state index contributed by atoms with van der Waals surface area (Å²) in [4.78, 5) is 24.7. The Morgan fingerprint density at radius 1 is 1.27 bits per heavy atom. The van der Waals surface area contributed by atoms with Gasteiger partial charge in [0.2, 0.25) is 5.91 Å². The first-order chi connectivity index (χ1) is 10.3. The van der Waals surface area contributed by atoms with Crippen molar-refractivity contribution in [3.8, 4) is 0 Å². The van der Waals surface area contributed by atoms with Crippen molar-refractivity contribution in [2.24, 2.45) is 0 Å². The summed E-state index contributed by atoms with van der Waals surface area (Å²) in [7, 11) is 1.66. The maximum absolute atomic E-state index is 13.2. The van der Waals surface area contributed by atoms with Crippen LogP contribution >= 0.6 is 0 Å². The quantitative estimate of drug-likeness (QED) is 0.846. The Hall–Kier alpha value is -2.02. The van der Waals surface area contributed by atoms with Gasteiger partial charge in [0.05, 0.1) is 6.54 Å². The highest BCUT2D eigenvalue weighted by atomic mass is 19.2. The summed E-state index contributed by atoms with van der Waals surface area (Å²) >= 11 is 0. The molecule has 0 aliphatic carbocycles. The fraction of sp³-hybridized carbons (Fsp3) is 0.467. The minimum atomic E-state index is -0.929.